The molecule has 0 spiro atoms. The second-order valence-electron chi connectivity index (χ2n) is 4.34. The summed E-state index contributed by atoms with van der Waals surface area (Å²) < 4.78 is 52.0. The summed E-state index contributed by atoms with van der Waals surface area (Å²) in [6, 6.07) is 2.14. The number of nitrogens with zero attached hydrogens (tertiary/aromatic N) is 1. The Morgan fingerprint density at radius 3 is 2.72 bits per heavy atom. The molecule has 1 aromatic carbocycles. The minimum atomic E-state index is -4.01. The minimum Gasteiger partial charge on any atom is -0.327 e. The summed E-state index contributed by atoms with van der Waals surface area (Å²) in [5.74, 6) is -1.73. The van der Waals surface area contributed by atoms with Gasteiger partial charge < -0.3 is 5.73 Å². The van der Waals surface area contributed by atoms with Gasteiger partial charge in [0.25, 0.3) is 0 Å². The van der Waals surface area contributed by atoms with Gasteiger partial charge in [-0.15, -0.1) is 0 Å². The van der Waals surface area contributed by atoms with Crippen molar-refractivity contribution >= 4 is 10.0 Å². The minimum absolute atomic E-state index is 0.137. The van der Waals surface area contributed by atoms with E-state index in [1.807, 2.05) is 0 Å². The van der Waals surface area contributed by atoms with Gasteiger partial charge in [0, 0.05) is 19.1 Å². The number of rotatable bonds is 2. The van der Waals surface area contributed by atoms with Crippen LogP contribution in [0.1, 0.15) is 12.8 Å². The fraction of sp³-hybridized carbons (Fsp3) is 0.455. The number of nitrogens with two attached hydrogens (primary N) is 1. The van der Waals surface area contributed by atoms with Gasteiger partial charge in [0.1, 0.15) is 16.5 Å². The second kappa shape index (κ2) is 4.91. The molecule has 0 bridgehead atoms. The fourth-order valence-electron chi connectivity index (χ4n) is 2.01. The van der Waals surface area contributed by atoms with Crippen molar-refractivity contribution in [3.63, 3.8) is 0 Å². The first kappa shape index (κ1) is 13.4. The summed E-state index contributed by atoms with van der Waals surface area (Å²) in [5, 5.41) is 0. The summed E-state index contributed by atoms with van der Waals surface area (Å²) in [6.07, 6.45) is 1.36. The van der Waals surface area contributed by atoms with Crippen LogP contribution in [-0.2, 0) is 10.0 Å². The molecule has 2 N–H and O–H groups in total. The molecule has 0 saturated carbocycles. The summed E-state index contributed by atoms with van der Waals surface area (Å²) >= 11 is 0. The van der Waals surface area contributed by atoms with E-state index >= 15 is 0 Å². The molecular formula is C11H14F2N2O2S. The van der Waals surface area contributed by atoms with Crippen molar-refractivity contribution in [2.45, 2.75) is 23.8 Å². The predicted molar refractivity (Wildman–Crippen MR) is 62.3 cm³/mol. The zero-order chi connectivity index (χ0) is 13.3. The lowest BCUT2D eigenvalue weighted by Gasteiger charge is -2.29. The predicted octanol–water partition coefficient (Wildman–Crippen LogP) is 1.08. The van der Waals surface area contributed by atoms with E-state index in [-0.39, 0.29) is 19.1 Å². The van der Waals surface area contributed by atoms with Crippen molar-refractivity contribution in [2.24, 2.45) is 5.73 Å². The molecule has 0 aliphatic carbocycles. The van der Waals surface area contributed by atoms with Crippen LogP contribution in [0.2, 0.25) is 0 Å². The van der Waals surface area contributed by atoms with Crippen LogP contribution in [0.3, 0.4) is 0 Å². The molecule has 1 aliphatic rings. The molecule has 1 atom stereocenters. The number of hydrogen-bond donors (Lipinski definition) is 1. The van der Waals surface area contributed by atoms with E-state index in [1.165, 1.54) is 0 Å². The molecule has 1 fully saturated rings. The highest BCUT2D eigenvalue weighted by molar-refractivity contribution is 7.89. The number of sulfonamides is 1. The summed E-state index contributed by atoms with van der Waals surface area (Å²) in [6.45, 7) is 0.421. The fourth-order valence-corrected chi connectivity index (χ4v) is 3.62. The van der Waals surface area contributed by atoms with Crippen LogP contribution in [0, 0.1) is 11.6 Å². The van der Waals surface area contributed by atoms with Crippen molar-refractivity contribution < 1.29 is 17.2 Å². The Labute approximate surface area is 104 Å². The molecule has 1 heterocycles. The molecule has 0 aromatic heterocycles. The van der Waals surface area contributed by atoms with Crippen LogP contribution < -0.4 is 5.73 Å². The molecule has 2 rings (SSSR count). The molecule has 1 unspecified atom stereocenters. The third-order valence-electron chi connectivity index (χ3n) is 2.93. The van der Waals surface area contributed by atoms with Crippen LogP contribution in [0.15, 0.2) is 23.1 Å². The second-order valence-corrected chi connectivity index (χ2v) is 6.25. The van der Waals surface area contributed by atoms with Gasteiger partial charge in [-0.25, -0.2) is 17.2 Å². The van der Waals surface area contributed by atoms with E-state index in [1.54, 1.807) is 0 Å². The van der Waals surface area contributed by atoms with Crippen molar-refractivity contribution in [2.75, 3.05) is 13.1 Å². The number of hydrogen-bond acceptors (Lipinski definition) is 3. The Balaban J connectivity index is 2.38. The summed E-state index contributed by atoms with van der Waals surface area (Å²) in [7, 11) is -4.01. The first-order valence-corrected chi connectivity index (χ1v) is 7.06. The zero-order valence-corrected chi connectivity index (χ0v) is 10.5. The number of piperidine rings is 1. The van der Waals surface area contributed by atoms with E-state index in [4.69, 9.17) is 5.73 Å². The Kier molecular flexibility index (Phi) is 3.65. The summed E-state index contributed by atoms with van der Waals surface area (Å²) in [5.41, 5.74) is 5.69. The Hall–Kier alpha value is -1.05. The first-order valence-electron chi connectivity index (χ1n) is 5.62. The molecular weight excluding hydrogens is 262 g/mol. The van der Waals surface area contributed by atoms with Gasteiger partial charge in [-0.05, 0) is 31.0 Å². The van der Waals surface area contributed by atoms with E-state index in [9.17, 15) is 17.2 Å². The maximum atomic E-state index is 13.5. The molecule has 0 amide bonds. The molecule has 7 heteroatoms. The topological polar surface area (TPSA) is 63.4 Å². The third kappa shape index (κ3) is 2.52. The average molecular weight is 276 g/mol. The lowest BCUT2D eigenvalue weighted by atomic mass is 10.1. The van der Waals surface area contributed by atoms with Gasteiger partial charge >= 0.3 is 0 Å². The van der Waals surface area contributed by atoms with Gasteiger partial charge in [-0.2, -0.15) is 4.31 Å². The maximum absolute atomic E-state index is 13.5. The first-order chi connectivity index (χ1) is 8.41. The smallest absolute Gasteiger partial charge is 0.246 e. The van der Waals surface area contributed by atoms with Gasteiger partial charge in [-0.3, -0.25) is 0 Å². The highest BCUT2D eigenvalue weighted by atomic mass is 32.2. The van der Waals surface area contributed by atoms with E-state index in [0.29, 0.717) is 12.5 Å². The van der Waals surface area contributed by atoms with Crippen molar-refractivity contribution in [1.82, 2.24) is 4.31 Å². The Morgan fingerprint density at radius 2 is 2.06 bits per heavy atom. The van der Waals surface area contributed by atoms with Crippen LogP contribution in [0.25, 0.3) is 0 Å². The number of halogens is 2. The van der Waals surface area contributed by atoms with Crippen molar-refractivity contribution in [3.05, 3.63) is 29.8 Å². The quantitative estimate of drug-likeness (QED) is 0.879. The monoisotopic (exact) mass is 276 g/mol. The zero-order valence-electron chi connectivity index (χ0n) is 9.64. The normalized spacial score (nSPS) is 22.1. The van der Waals surface area contributed by atoms with Crippen molar-refractivity contribution in [3.8, 4) is 0 Å². The largest absolute Gasteiger partial charge is 0.327 e. The van der Waals surface area contributed by atoms with Crippen LogP contribution in [-0.4, -0.2) is 31.9 Å². The maximum Gasteiger partial charge on any atom is 0.246 e. The molecule has 0 radical (unpaired) electrons. The molecule has 1 aromatic rings. The van der Waals surface area contributed by atoms with E-state index < -0.39 is 26.6 Å². The molecule has 1 aliphatic heterocycles. The highest BCUT2D eigenvalue weighted by Crippen LogP contribution is 2.23. The average Bonchev–Trinajstić information content (AvgIpc) is 2.32. The van der Waals surface area contributed by atoms with Crippen LogP contribution >= 0.6 is 0 Å². The lowest BCUT2D eigenvalue weighted by molar-refractivity contribution is 0.314. The highest BCUT2D eigenvalue weighted by Gasteiger charge is 2.31. The SMILES string of the molecule is NC1CCCN(S(=O)(=O)c2cc(F)ccc2F)C1. The van der Waals surface area contributed by atoms with Gasteiger partial charge in [0.15, 0.2) is 0 Å². The number of benzene rings is 1. The Bertz CT molecular complexity index is 548. The standard InChI is InChI=1S/C11H14F2N2O2S/c12-8-3-4-10(13)11(6-8)18(16,17)15-5-1-2-9(14)7-15/h3-4,6,9H,1-2,5,7,14H2. The van der Waals surface area contributed by atoms with Crippen LogP contribution in [0.4, 0.5) is 8.78 Å². The lowest BCUT2D eigenvalue weighted by Crippen LogP contribution is -2.45. The van der Waals surface area contributed by atoms with Crippen molar-refractivity contribution in [1.29, 1.82) is 0 Å². The van der Waals surface area contributed by atoms with Gasteiger partial charge in [0.05, 0.1) is 0 Å². The van der Waals surface area contributed by atoms with Crippen LogP contribution in [0.5, 0.6) is 0 Å². The summed E-state index contributed by atoms with van der Waals surface area (Å²) in [4.78, 5) is -0.628. The molecule has 100 valence electrons. The Morgan fingerprint density at radius 1 is 1.33 bits per heavy atom. The third-order valence-corrected chi connectivity index (χ3v) is 4.81. The molecule has 1 saturated heterocycles. The molecule has 4 nitrogen and oxygen atoms in total. The van der Waals surface area contributed by atoms with E-state index in [0.717, 1.165) is 22.9 Å². The van der Waals surface area contributed by atoms with Gasteiger partial charge in [-0.1, -0.05) is 0 Å². The molecule has 18 heavy (non-hydrogen) atoms. The van der Waals surface area contributed by atoms with Gasteiger partial charge in [0.2, 0.25) is 10.0 Å². The van der Waals surface area contributed by atoms with E-state index in [2.05, 4.69) is 0 Å².